The maximum Gasteiger partial charge on any atom is 0.161 e. The smallest absolute Gasteiger partial charge is 0.161 e. The highest BCUT2D eigenvalue weighted by Crippen LogP contribution is 2.30. The van der Waals surface area contributed by atoms with Crippen molar-refractivity contribution in [1.29, 1.82) is 0 Å². The first-order valence-corrected chi connectivity index (χ1v) is 6.55. The van der Waals surface area contributed by atoms with Crippen molar-refractivity contribution in [1.82, 2.24) is 4.98 Å². The number of nitrogen functional groups attached to an aromatic ring is 1. The average molecular weight is 307 g/mol. The first-order valence-electron chi connectivity index (χ1n) is 5.80. The van der Waals surface area contributed by atoms with E-state index in [2.05, 4.69) is 15.7 Å². The number of nitrogens with two attached hydrogens (primary N) is 1. The van der Waals surface area contributed by atoms with Crippen molar-refractivity contribution in [3.05, 3.63) is 16.1 Å². The van der Waals surface area contributed by atoms with Gasteiger partial charge >= 0.3 is 0 Å². The third-order valence-corrected chi connectivity index (χ3v) is 3.72. The predicted octanol–water partition coefficient (Wildman–Crippen LogP) is 1.89. The summed E-state index contributed by atoms with van der Waals surface area (Å²) in [6.07, 6.45) is 0.823. The molecule has 19 heavy (non-hydrogen) atoms. The Labute approximate surface area is 121 Å². The second-order valence-corrected chi connectivity index (χ2v) is 5.15. The second kappa shape index (κ2) is 6.11. The van der Waals surface area contributed by atoms with E-state index in [0.717, 1.165) is 6.42 Å². The highest BCUT2D eigenvalue weighted by atomic mass is 35.5. The number of pyridine rings is 1. The Bertz CT molecular complexity index is 453. The fourth-order valence-electron chi connectivity index (χ4n) is 1.90. The van der Waals surface area contributed by atoms with Crippen LogP contribution in [0.2, 0.25) is 10.0 Å². The largest absolute Gasteiger partial charge is 0.378 e. The molecule has 1 aromatic rings. The molecule has 1 saturated heterocycles. The lowest BCUT2D eigenvalue weighted by Crippen LogP contribution is -2.39. The van der Waals surface area contributed by atoms with E-state index in [1.165, 1.54) is 0 Å². The lowest BCUT2D eigenvalue weighted by molar-refractivity contribution is -0.00624. The summed E-state index contributed by atoms with van der Waals surface area (Å²) in [7, 11) is 1.67. The third kappa shape index (κ3) is 3.21. The van der Waals surface area contributed by atoms with Crippen LogP contribution >= 0.6 is 23.2 Å². The molecule has 0 saturated carbocycles. The van der Waals surface area contributed by atoms with Gasteiger partial charge in [-0.2, -0.15) is 0 Å². The zero-order valence-corrected chi connectivity index (χ0v) is 12.0. The van der Waals surface area contributed by atoms with Gasteiger partial charge in [-0.1, -0.05) is 23.2 Å². The number of anilines is 2. The minimum absolute atomic E-state index is 0.346. The van der Waals surface area contributed by atoms with Crippen LogP contribution in [-0.4, -0.2) is 37.5 Å². The molecule has 0 aromatic carbocycles. The van der Waals surface area contributed by atoms with Gasteiger partial charge in [0, 0.05) is 26.7 Å². The van der Waals surface area contributed by atoms with Crippen LogP contribution in [0.25, 0.3) is 0 Å². The van der Waals surface area contributed by atoms with Crippen LogP contribution in [0, 0.1) is 0 Å². The Morgan fingerprint density at radius 3 is 2.79 bits per heavy atom. The Morgan fingerprint density at radius 1 is 1.47 bits per heavy atom. The van der Waals surface area contributed by atoms with Gasteiger partial charge in [-0.15, -0.1) is 0 Å². The molecule has 0 bridgehead atoms. The van der Waals surface area contributed by atoms with E-state index in [4.69, 9.17) is 38.5 Å². The number of hydrazine groups is 1. The van der Waals surface area contributed by atoms with Gasteiger partial charge in [-0.3, -0.25) is 0 Å². The van der Waals surface area contributed by atoms with Gasteiger partial charge in [-0.25, -0.2) is 10.8 Å². The van der Waals surface area contributed by atoms with E-state index in [1.807, 2.05) is 0 Å². The molecule has 4 N–H and O–H groups in total. The molecular weight excluding hydrogens is 291 g/mol. The van der Waals surface area contributed by atoms with Gasteiger partial charge in [0.05, 0.1) is 16.7 Å². The number of hydrogen-bond acceptors (Lipinski definition) is 6. The second-order valence-electron chi connectivity index (χ2n) is 4.34. The number of nitrogens with zero attached hydrogens (tertiary/aromatic N) is 1. The van der Waals surface area contributed by atoms with E-state index in [9.17, 15) is 0 Å². The number of rotatable bonds is 5. The molecule has 6 nitrogen and oxygen atoms in total. The Morgan fingerprint density at radius 2 is 2.21 bits per heavy atom. The molecule has 106 valence electrons. The number of nitrogens with one attached hydrogen (secondary N) is 2. The van der Waals surface area contributed by atoms with Crippen LogP contribution in [0.1, 0.15) is 6.42 Å². The molecule has 0 aliphatic carbocycles. The van der Waals surface area contributed by atoms with Crippen LogP contribution in [-0.2, 0) is 9.47 Å². The van der Waals surface area contributed by atoms with Gasteiger partial charge in [-0.05, 0) is 6.07 Å². The lowest BCUT2D eigenvalue weighted by atomic mass is 10.0. The topological polar surface area (TPSA) is 81.4 Å². The van der Waals surface area contributed by atoms with E-state index < -0.39 is 0 Å². The number of methoxy groups -OCH3 is 1. The Kier molecular flexibility index (Phi) is 4.70. The summed E-state index contributed by atoms with van der Waals surface area (Å²) in [5.74, 6) is 6.19. The summed E-state index contributed by atoms with van der Waals surface area (Å²) in [4.78, 5) is 4.21. The van der Waals surface area contributed by atoms with Crippen LogP contribution in [0.5, 0.6) is 0 Å². The number of aromatic nitrogens is 1. The maximum absolute atomic E-state index is 6.08. The predicted molar refractivity (Wildman–Crippen MR) is 75.7 cm³/mol. The first-order chi connectivity index (χ1) is 9.10. The molecule has 1 aromatic heterocycles. The van der Waals surface area contributed by atoms with Crippen molar-refractivity contribution < 1.29 is 9.47 Å². The minimum Gasteiger partial charge on any atom is -0.378 e. The number of hydrogen-bond donors (Lipinski definition) is 3. The van der Waals surface area contributed by atoms with Crippen LogP contribution < -0.4 is 16.6 Å². The summed E-state index contributed by atoms with van der Waals surface area (Å²) in [5.41, 5.74) is 2.07. The van der Waals surface area contributed by atoms with Gasteiger partial charge < -0.3 is 20.2 Å². The molecule has 0 radical (unpaired) electrons. The van der Waals surface area contributed by atoms with E-state index in [-0.39, 0.29) is 5.60 Å². The first kappa shape index (κ1) is 14.6. The molecule has 0 amide bonds. The van der Waals surface area contributed by atoms with Crippen molar-refractivity contribution >= 4 is 34.8 Å². The average Bonchev–Trinajstić information content (AvgIpc) is 2.87. The highest BCUT2D eigenvalue weighted by molar-refractivity contribution is 6.37. The quantitative estimate of drug-likeness (QED) is 0.569. The fourth-order valence-corrected chi connectivity index (χ4v) is 2.38. The number of halogens is 2. The maximum atomic E-state index is 6.08. The van der Waals surface area contributed by atoms with Crippen molar-refractivity contribution in [2.75, 3.05) is 37.6 Å². The summed E-state index contributed by atoms with van der Waals surface area (Å²) in [6, 6.07) is 1.58. The molecule has 1 unspecified atom stereocenters. The van der Waals surface area contributed by atoms with Crippen molar-refractivity contribution in [2.45, 2.75) is 12.0 Å². The molecule has 0 spiro atoms. The van der Waals surface area contributed by atoms with E-state index in [1.54, 1.807) is 13.2 Å². The Hall–Kier alpha value is -0.790. The molecular formula is C11H16Cl2N4O2. The third-order valence-electron chi connectivity index (χ3n) is 3.14. The lowest BCUT2D eigenvalue weighted by Gasteiger charge is -2.26. The van der Waals surface area contributed by atoms with Crippen molar-refractivity contribution in [2.24, 2.45) is 5.84 Å². The SMILES string of the molecule is COC1(CNc2nc(NN)c(Cl)cc2Cl)CCOC1. The van der Waals surface area contributed by atoms with Crippen LogP contribution in [0.4, 0.5) is 11.6 Å². The zero-order chi connectivity index (χ0) is 13.9. The summed E-state index contributed by atoms with van der Waals surface area (Å²) in [5, 5.41) is 3.94. The van der Waals surface area contributed by atoms with Crippen LogP contribution in [0.15, 0.2) is 6.07 Å². The zero-order valence-electron chi connectivity index (χ0n) is 10.5. The summed E-state index contributed by atoms with van der Waals surface area (Å²) in [6.45, 7) is 1.78. The Balaban J connectivity index is 2.10. The van der Waals surface area contributed by atoms with Crippen LogP contribution in [0.3, 0.4) is 0 Å². The molecule has 2 heterocycles. The van der Waals surface area contributed by atoms with Gasteiger partial charge in [0.1, 0.15) is 11.4 Å². The molecule has 1 fully saturated rings. The van der Waals surface area contributed by atoms with E-state index in [0.29, 0.717) is 41.4 Å². The fraction of sp³-hybridized carbons (Fsp3) is 0.545. The number of ether oxygens (including phenoxy) is 2. The van der Waals surface area contributed by atoms with Gasteiger partial charge in [0.2, 0.25) is 0 Å². The molecule has 1 aliphatic rings. The van der Waals surface area contributed by atoms with Crippen molar-refractivity contribution in [3.63, 3.8) is 0 Å². The molecule has 8 heteroatoms. The summed E-state index contributed by atoms with van der Waals surface area (Å²) < 4.78 is 10.9. The minimum atomic E-state index is -0.346. The van der Waals surface area contributed by atoms with Gasteiger partial charge in [0.15, 0.2) is 5.82 Å². The molecule has 1 atom stereocenters. The molecule has 1 aliphatic heterocycles. The highest BCUT2D eigenvalue weighted by Gasteiger charge is 2.35. The molecule has 2 rings (SSSR count). The van der Waals surface area contributed by atoms with Gasteiger partial charge in [0.25, 0.3) is 0 Å². The normalized spacial score (nSPS) is 22.5. The monoisotopic (exact) mass is 306 g/mol. The van der Waals surface area contributed by atoms with Crippen molar-refractivity contribution in [3.8, 4) is 0 Å². The standard InChI is InChI=1S/C11H16Cl2N4O2/c1-18-11(2-3-19-6-11)5-15-9-7(12)4-8(13)10(16-9)17-14/h4H,2-3,5-6,14H2,1H3,(H2,15,16,17). The summed E-state index contributed by atoms with van der Waals surface area (Å²) >= 11 is 12.0. The van der Waals surface area contributed by atoms with E-state index >= 15 is 0 Å².